The van der Waals surface area contributed by atoms with Crippen molar-refractivity contribution in [2.45, 2.75) is 26.8 Å². The molecule has 0 spiro atoms. The maximum absolute atomic E-state index is 15.0. The van der Waals surface area contributed by atoms with Gasteiger partial charge < -0.3 is 0 Å². The van der Waals surface area contributed by atoms with Crippen LogP contribution in [0.4, 0.5) is 20.3 Å². The van der Waals surface area contributed by atoms with E-state index in [9.17, 15) is 9.59 Å². The zero-order chi connectivity index (χ0) is 23.4. The van der Waals surface area contributed by atoms with Crippen LogP contribution < -0.4 is 11.2 Å². The van der Waals surface area contributed by atoms with Gasteiger partial charge in [0.05, 0.1) is 0 Å². The van der Waals surface area contributed by atoms with Crippen LogP contribution in [0.3, 0.4) is 0 Å². The first-order valence-corrected chi connectivity index (χ1v) is 9.73. The highest BCUT2D eigenvalue weighted by Gasteiger charge is 2.24. The lowest BCUT2D eigenvalue weighted by molar-refractivity contribution is 0.526. The summed E-state index contributed by atoms with van der Waals surface area (Å²) in [7, 11) is 0. The lowest BCUT2D eigenvalue weighted by atomic mass is 10.1. The van der Waals surface area contributed by atoms with E-state index in [4.69, 9.17) is 0 Å². The van der Waals surface area contributed by atoms with Crippen molar-refractivity contribution >= 4 is 24.4 Å². The standard InChI is InChI=1S/C24H20F2N4O2/c1-5-28-20-22(27-4)29(15(2)3)24(32)30(23(20)31)21-18(25)13-17(14-19(21)26)12-11-16-9-7-6-8-10-16/h5-10,13-15H,4H2,1-3H3/b28-5-. The Balaban J connectivity index is 2.29. The lowest BCUT2D eigenvalue weighted by Crippen LogP contribution is -2.40. The van der Waals surface area contributed by atoms with Crippen molar-refractivity contribution in [3.05, 3.63) is 86.1 Å². The molecule has 1 aromatic heterocycles. The van der Waals surface area contributed by atoms with Gasteiger partial charge in [0.1, 0.15) is 5.69 Å². The Morgan fingerprint density at radius 3 is 2.16 bits per heavy atom. The predicted molar refractivity (Wildman–Crippen MR) is 122 cm³/mol. The molecule has 0 bridgehead atoms. The van der Waals surface area contributed by atoms with Crippen LogP contribution in [0.15, 0.2) is 62.0 Å². The summed E-state index contributed by atoms with van der Waals surface area (Å²) in [5.74, 6) is 3.20. The van der Waals surface area contributed by atoms with Gasteiger partial charge in [-0.3, -0.25) is 14.4 Å². The van der Waals surface area contributed by atoms with E-state index in [1.165, 1.54) is 6.21 Å². The summed E-state index contributed by atoms with van der Waals surface area (Å²) in [6, 6.07) is 10.4. The molecule has 0 saturated heterocycles. The molecule has 0 N–H and O–H groups in total. The molecule has 162 valence electrons. The van der Waals surface area contributed by atoms with Gasteiger partial charge in [0.25, 0.3) is 5.56 Å². The second-order valence-corrected chi connectivity index (χ2v) is 7.01. The molecule has 0 unspecified atom stereocenters. The molecule has 0 atom stereocenters. The van der Waals surface area contributed by atoms with Crippen LogP contribution in [-0.4, -0.2) is 22.1 Å². The number of nitrogens with zero attached hydrogens (tertiary/aromatic N) is 4. The van der Waals surface area contributed by atoms with Gasteiger partial charge in [0.15, 0.2) is 23.1 Å². The van der Waals surface area contributed by atoms with Crippen molar-refractivity contribution in [2.75, 3.05) is 0 Å². The predicted octanol–water partition coefficient (Wildman–Crippen LogP) is 4.31. The first kappa shape index (κ1) is 22.6. The maximum atomic E-state index is 15.0. The maximum Gasteiger partial charge on any atom is 0.337 e. The van der Waals surface area contributed by atoms with Gasteiger partial charge in [-0.25, -0.2) is 23.1 Å². The lowest BCUT2D eigenvalue weighted by Gasteiger charge is -2.18. The van der Waals surface area contributed by atoms with Gasteiger partial charge in [-0.2, -0.15) is 0 Å². The summed E-state index contributed by atoms with van der Waals surface area (Å²) in [6.07, 6.45) is 1.32. The monoisotopic (exact) mass is 434 g/mol. The van der Waals surface area contributed by atoms with Crippen LogP contribution in [-0.2, 0) is 0 Å². The van der Waals surface area contributed by atoms with Crippen LogP contribution in [0.2, 0.25) is 0 Å². The number of halogens is 2. The summed E-state index contributed by atoms with van der Waals surface area (Å²) < 4.78 is 31.6. The van der Waals surface area contributed by atoms with Crippen LogP contribution >= 0.6 is 0 Å². The molecule has 3 rings (SSSR count). The first-order valence-electron chi connectivity index (χ1n) is 9.73. The molecule has 6 nitrogen and oxygen atoms in total. The fraction of sp³-hybridized carbons (Fsp3) is 0.167. The highest BCUT2D eigenvalue weighted by Crippen LogP contribution is 2.26. The van der Waals surface area contributed by atoms with Gasteiger partial charge in [0.2, 0.25) is 0 Å². The third-order valence-corrected chi connectivity index (χ3v) is 4.53. The molecular formula is C24H20F2N4O2. The molecule has 0 saturated carbocycles. The molecule has 0 aliphatic carbocycles. The summed E-state index contributed by atoms with van der Waals surface area (Å²) >= 11 is 0. The normalized spacial score (nSPS) is 10.9. The largest absolute Gasteiger partial charge is 0.337 e. The second kappa shape index (κ2) is 9.35. The van der Waals surface area contributed by atoms with Crippen LogP contribution in [0.1, 0.15) is 37.9 Å². The number of hydrogen-bond donors (Lipinski definition) is 0. The van der Waals surface area contributed by atoms with Gasteiger partial charge in [0, 0.05) is 23.4 Å². The van der Waals surface area contributed by atoms with E-state index in [0.717, 1.165) is 16.7 Å². The number of aromatic nitrogens is 2. The van der Waals surface area contributed by atoms with E-state index < -0.39 is 34.6 Å². The number of benzene rings is 2. The minimum Gasteiger partial charge on any atom is -0.273 e. The highest BCUT2D eigenvalue weighted by molar-refractivity contribution is 5.68. The van der Waals surface area contributed by atoms with Crippen LogP contribution in [0.25, 0.3) is 5.69 Å². The SMILES string of the molecule is C=Nc1c(/N=C\C)c(=O)n(-c2c(F)cc(C#Cc3ccccc3)cc2F)c(=O)n1C(C)C. The molecular weight excluding hydrogens is 414 g/mol. The van der Waals surface area contributed by atoms with Crippen molar-refractivity contribution < 1.29 is 8.78 Å². The van der Waals surface area contributed by atoms with Gasteiger partial charge in [-0.15, -0.1) is 0 Å². The smallest absolute Gasteiger partial charge is 0.273 e. The third kappa shape index (κ3) is 4.18. The first-order chi connectivity index (χ1) is 15.3. The van der Waals surface area contributed by atoms with E-state index >= 15 is 8.78 Å². The van der Waals surface area contributed by atoms with E-state index in [2.05, 4.69) is 28.5 Å². The quantitative estimate of drug-likeness (QED) is 0.454. The van der Waals surface area contributed by atoms with Crippen molar-refractivity contribution in [3.8, 4) is 17.5 Å². The van der Waals surface area contributed by atoms with Crippen molar-refractivity contribution in [2.24, 2.45) is 9.98 Å². The molecule has 0 aliphatic rings. The molecule has 2 aromatic carbocycles. The Bertz CT molecular complexity index is 1370. The Kier molecular flexibility index (Phi) is 6.59. The fourth-order valence-corrected chi connectivity index (χ4v) is 3.17. The average Bonchev–Trinajstić information content (AvgIpc) is 2.76. The Labute approximate surface area is 183 Å². The molecule has 8 heteroatoms. The molecule has 0 radical (unpaired) electrons. The Morgan fingerprint density at radius 2 is 1.62 bits per heavy atom. The van der Waals surface area contributed by atoms with Crippen LogP contribution in [0.5, 0.6) is 0 Å². The molecule has 0 fully saturated rings. The third-order valence-electron chi connectivity index (χ3n) is 4.53. The molecule has 0 amide bonds. The van der Waals surface area contributed by atoms with Gasteiger partial charge >= 0.3 is 5.69 Å². The topological polar surface area (TPSA) is 68.7 Å². The number of rotatable bonds is 4. The summed E-state index contributed by atoms with van der Waals surface area (Å²) in [4.78, 5) is 33.8. The summed E-state index contributed by atoms with van der Waals surface area (Å²) in [5, 5.41) is 0. The zero-order valence-corrected chi connectivity index (χ0v) is 17.8. The zero-order valence-electron chi connectivity index (χ0n) is 17.8. The van der Waals surface area contributed by atoms with E-state index in [-0.39, 0.29) is 17.1 Å². The van der Waals surface area contributed by atoms with Crippen LogP contribution in [0, 0.1) is 23.5 Å². The second-order valence-electron chi connectivity index (χ2n) is 7.01. The number of aliphatic imine (C=N–C) groups is 2. The highest BCUT2D eigenvalue weighted by atomic mass is 19.1. The van der Waals surface area contributed by atoms with Crippen molar-refractivity contribution in [1.29, 1.82) is 0 Å². The Hall–Kier alpha value is -4.12. The van der Waals surface area contributed by atoms with Crippen molar-refractivity contribution in [1.82, 2.24) is 9.13 Å². The summed E-state index contributed by atoms with van der Waals surface area (Å²) in [6.45, 7) is 8.29. The number of hydrogen-bond acceptors (Lipinski definition) is 4. The van der Waals surface area contributed by atoms with Gasteiger partial charge in [-0.05, 0) is 51.8 Å². The van der Waals surface area contributed by atoms with E-state index in [0.29, 0.717) is 10.1 Å². The average molecular weight is 434 g/mol. The Morgan fingerprint density at radius 1 is 1.03 bits per heavy atom. The molecule has 1 heterocycles. The fourth-order valence-electron chi connectivity index (χ4n) is 3.17. The molecule has 0 aliphatic heterocycles. The molecule has 3 aromatic rings. The minimum atomic E-state index is -1.11. The van der Waals surface area contributed by atoms with E-state index in [1.54, 1.807) is 45.0 Å². The minimum absolute atomic E-state index is 0.0565. The van der Waals surface area contributed by atoms with Crippen molar-refractivity contribution in [3.63, 3.8) is 0 Å². The van der Waals surface area contributed by atoms with Gasteiger partial charge in [-0.1, -0.05) is 30.0 Å². The van der Waals surface area contributed by atoms with E-state index in [1.807, 2.05) is 6.07 Å². The summed E-state index contributed by atoms with van der Waals surface area (Å²) in [5.41, 5.74) is -2.29. The molecule has 32 heavy (non-hydrogen) atoms.